The predicted molar refractivity (Wildman–Crippen MR) is 99.0 cm³/mol. The highest BCUT2D eigenvalue weighted by atomic mass is 35.5. The molecule has 2 aromatic carbocycles. The van der Waals surface area contributed by atoms with Gasteiger partial charge >= 0.3 is 0 Å². The van der Waals surface area contributed by atoms with Gasteiger partial charge in [-0.05, 0) is 12.1 Å². The normalized spacial score (nSPS) is 24.0. The van der Waals surface area contributed by atoms with Crippen LogP contribution in [0.2, 0.25) is 20.1 Å². The van der Waals surface area contributed by atoms with Crippen LogP contribution in [0.4, 0.5) is 0 Å². The van der Waals surface area contributed by atoms with Crippen molar-refractivity contribution < 1.29 is 14.2 Å². The van der Waals surface area contributed by atoms with E-state index in [2.05, 4.69) is 0 Å². The Morgan fingerprint density at radius 3 is 1.52 bits per heavy atom. The first-order chi connectivity index (χ1) is 12.1. The topological polar surface area (TPSA) is 34.3 Å². The van der Waals surface area contributed by atoms with Crippen LogP contribution in [0.1, 0.15) is 23.3 Å². The van der Waals surface area contributed by atoms with Gasteiger partial charge in [0, 0.05) is 11.1 Å². The lowest BCUT2D eigenvalue weighted by atomic mass is 10.0. The zero-order valence-electron chi connectivity index (χ0n) is 12.9. The second-order valence-electron chi connectivity index (χ2n) is 6.01. The van der Waals surface area contributed by atoms with Crippen molar-refractivity contribution in [3.05, 3.63) is 67.6 Å². The van der Waals surface area contributed by atoms with Crippen molar-refractivity contribution in [1.82, 2.24) is 0 Å². The first-order valence-electron chi connectivity index (χ1n) is 7.82. The van der Waals surface area contributed by atoms with Crippen LogP contribution in [0.25, 0.3) is 0 Å². The van der Waals surface area contributed by atoms with Crippen molar-refractivity contribution in [3.8, 4) is 0 Å². The first-order valence-corrected chi connectivity index (χ1v) is 9.34. The lowest BCUT2D eigenvalue weighted by Gasteiger charge is -2.25. The molecular weight excluding hydrogens is 406 g/mol. The average molecular weight is 420 g/mol. The number of epoxide rings is 2. The number of ether oxygens (including phenoxy) is 3. The fourth-order valence-corrected chi connectivity index (χ4v) is 3.65. The van der Waals surface area contributed by atoms with E-state index in [1.54, 1.807) is 12.1 Å². The van der Waals surface area contributed by atoms with E-state index in [4.69, 9.17) is 60.6 Å². The smallest absolute Gasteiger partial charge is 0.113 e. The lowest BCUT2D eigenvalue weighted by molar-refractivity contribution is -0.0418. The van der Waals surface area contributed by atoms with Crippen LogP contribution in [-0.2, 0) is 14.2 Å². The average Bonchev–Trinajstić information content (AvgIpc) is 3.47. The van der Waals surface area contributed by atoms with Crippen LogP contribution in [0, 0.1) is 0 Å². The quantitative estimate of drug-likeness (QED) is 0.547. The van der Waals surface area contributed by atoms with E-state index in [0.29, 0.717) is 33.3 Å². The molecule has 2 aliphatic rings. The van der Waals surface area contributed by atoms with Gasteiger partial charge in [-0.15, -0.1) is 0 Å². The molecule has 2 aromatic rings. The van der Waals surface area contributed by atoms with E-state index in [1.807, 2.05) is 24.3 Å². The molecule has 4 unspecified atom stereocenters. The third-order valence-corrected chi connectivity index (χ3v) is 5.93. The Kier molecular flexibility index (Phi) is 5.18. The van der Waals surface area contributed by atoms with E-state index >= 15 is 0 Å². The molecule has 2 saturated heterocycles. The Morgan fingerprint density at radius 2 is 1.16 bits per heavy atom. The van der Waals surface area contributed by atoms with Gasteiger partial charge in [0.15, 0.2) is 0 Å². The summed E-state index contributed by atoms with van der Waals surface area (Å²) in [7, 11) is 0. The summed E-state index contributed by atoms with van der Waals surface area (Å²) in [5, 5.41) is 1.90. The second kappa shape index (κ2) is 7.24. The molecule has 0 aliphatic carbocycles. The summed E-state index contributed by atoms with van der Waals surface area (Å²) >= 11 is 25.1. The van der Waals surface area contributed by atoms with Crippen LogP contribution >= 0.6 is 46.4 Å². The molecule has 0 N–H and O–H groups in total. The summed E-state index contributed by atoms with van der Waals surface area (Å²) in [6, 6.07) is 11.0. The van der Waals surface area contributed by atoms with Gasteiger partial charge < -0.3 is 14.2 Å². The molecule has 4 atom stereocenters. The number of halogens is 4. The Bertz CT molecular complexity index is 724. The van der Waals surface area contributed by atoms with E-state index in [0.717, 1.165) is 11.1 Å². The fourth-order valence-electron chi connectivity index (χ4n) is 2.82. The highest BCUT2D eigenvalue weighted by molar-refractivity contribution is 6.43. The third kappa shape index (κ3) is 3.79. The van der Waals surface area contributed by atoms with Crippen LogP contribution in [-0.4, -0.2) is 25.4 Å². The lowest BCUT2D eigenvalue weighted by Crippen LogP contribution is -2.19. The van der Waals surface area contributed by atoms with E-state index in [9.17, 15) is 0 Å². The SMILES string of the molecule is Clc1cccc(C(OC(c2cccc(Cl)c2Cl)C2CO2)C2CO2)c1Cl. The van der Waals surface area contributed by atoms with E-state index < -0.39 is 0 Å². The molecule has 2 fully saturated rings. The summed E-state index contributed by atoms with van der Waals surface area (Å²) in [6.45, 7) is 1.21. The molecule has 0 bridgehead atoms. The molecule has 0 saturated carbocycles. The van der Waals surface area contributed by atoms with Crippen LogP contribution < -0.4 is 0 Å². The number of benzene rings is 2. The second-order valence-corrected chi connectivity index (χ2v) is 7.58. The third-order valence-electron chi connectivity index (χ3n) is 4.26. The van der Waals surface area contributed by atoms with Gasteiger partial charge in [0.1, 0.15) is 24.4 Å². The molecule has 132 valence electrons. The highest BCUT2D eigenvalue weighted by Gasteiger charge is 2.43. The Hall–Kier alpha value is -0.520. The molecule has 3 nitrogen and oxygen atoms in total. The largest absolute Gasteiger partial charge is 0.370 e. The van der Waals surface area contributed by atoms with Gasteiger partial charge in [-0.25, -0.2) is 0 Å². The molecule has 0 amide bonds. The van der Waals surface area contributed by atoms with Gasteiger partial charge in [0.25, 0.3) is 0 Å². The minimum Gasteiger partial charge on any atom is -0.370 e. The number of hydrogen-bond donors (Lipinski definition) is 0. The summed E-state index contributed by atoms with van der Waals surface area (Å²) in [6.07, 6.45) is -0.878. The van der Waals surface area contributed by atoms with Crippen molar-refractivity contribution in [2.45, 2.75) is 24.4 Å². The first kappa shape index (κ1) is 17.9. The molecule has 4 rings (SSSR count). The van der Waals surface area contributed by atoms with Gasteiger partial charge in [0.2, 0.25) is 0 Å². The Labute approximate surface area is 165 Å². The molecular formula is C18H14Cl4O3. The minimum atomic E-state index is -0.365. The van der Waals surface area contributed by atoms with Gasteiger partial charge in [0.05, 0.1) is 33.3 Å². The molecule has 25 heavy (non-hydrogen) atoms. The summed E-state index contributed by atoms with van der Waals surface area (Å²) in [4.78, 5) is 0. The van der Waals surface area contributed by atoms with Gasteiger partial charge in [-0.2, -0.15) is 0 Å². The zero-order valence-corrected chi connectivity index (χ0v) is 15.9. The van der Waals surface area contributed by atoms with Gasteiger partial charge in [-0.3, -0.25) is 0 Å². The molecule has 2 heterocycles. The molecule has 0 aromatic heterocycles. The maximum Gasteiger partial charge on any atom is 0.113 e. The summed E-state index contributed by atoms with van der Waals surface area (Å²) in [5.74, 6) is 0. The van der Waals surface area contributed by atoms with Crippen LogP contribution in [0.15, 0.2) is 36.4 Å². The number of rotatable bonds is 6. The number of hydrogen-bond acceptors (Lipinski definition) is 3. The van der Waals surface area contributed by atoms with Crippen molar-refractivity contribution in [1.29, 1.82) is 0 Å². The van der Waals surface area contributed by atoms with E-state index in [1.165, 1.54) is 0 Å². The Morgan fingerprint density at radius 1 is 0.760 bits per heavy atom. The van der Waals surface area contributed by atoms with Crippen LogP contribution in [0.5, 0.6) is 0 Å². The maximum absolute atomic E-state index is 6.41. The van der Waals surface area contributed by atoms with Gasteiger partial charge in [-0.1, -0.05) is 70.7 Å². The molecule has 7 heteroatoms. The monoisotopic (exact) mass is 418 g/mol. The standard InChI is InChI=1S/C18H14Cl4O3/c19-11-5-1-3-9(15(11)21)17(13-7-23-13)25-18(14-8-24-14)10-4-2-6-12(20)16(10)22/h1-6,13-14,17-18H,7-8H2. The fraction of sp³-hybridized carbons (Fsp3) is 0.333. The van der Waals surface area contributed by atoms with Crippen molar-refractivity contribution in [2.75, 3.05) is 13.2 Å². The summed E-state index contributed by atoms with van der Waals surface area (Å²) in [5.41, 5.74) is 1.58. The van der Waals surface area contributed by atoms with Crippen LogP contribution in [0.3, 0.4) is 0 Å². The van der Waals surface area contributed by atoms with Crippen molar-refractivity contribution in [2.24, 2.45) is 0 Å². The zero-order chi connectivity index (χ0) is 17.6. The maximum atomic E-state index is 6.41. The minimum absolute atomic E-state index is 0.0739. The summed E-state index contributed by atoms with van der Waals surface area (Å²) < 4.78 is 17.4. The highest BCUT2D eigenvalue weighted by Crippen LogP contribution is 2.45. The molecule has 2 aliphatic heterocycles. The van der Waals surface area contributed by atoms with Crippen molar-refractivity contribution >= 4 is 46.4 Å². The molecule has 0 spiro atoms. The predicted octanol–water partition coefficient (Wildman–Crippen LogP) is 5.90. The van der Waals surface area contributed by atoms with E-state index in [-0.39, 0.29) is 24.4 Å². The Balaban J connectivity index is 1.68. The molecule has 0 radical (unpaired) electrons. The van der Waals surface area contributed by atoms with Crippen molar-refractivity contribution in [3.63, 3.8) is 0 Å².